The lowest BCUT2D eigenvalue weighted by Crippen LogP contribution is -2.06. The van der Waals surface area contributed by atoms with E-state index in [4.69, 9.17) is 16.9 Å². The lowest BCUT2D eigenvalue weighted by atomic mass is 10.00. The van der Waals surface area contributed by atoms with Crippen LogP contribution in [0.4, 0.5) is 13.2 Å². The van der Waals surface area contributed by atoms with E-state index < -0.39 is 17.5 Å². The van der Waals surface area contributed by atoms with Crippen molar-refractivity contribution in [1.29, 1.82) is 5.26 Å². The molecule has 19 heavy (non-hydrogen) atoms. The Balaban J connectivity index is 2.71. The van der Waals surface area contributed by atoms with Gasteiger partial charge in [0.25, 0.3) is 0 Å². The van der Waals surface area contributed by atoms with E-state index in [0.29, 0.717) is 16.0 Å². The third-order valence-electron chi connectivity index (χ3n) is 2.42. The number of phenolic OH excluding ortho intramolecular Hbond substituents is 1. The Kier molecular flexibility index (Phi) is 3.43. The minimum Gasteiger partial charge on any atom is -0.507 e. The quantitative estimate of drug-likeness (QED) is 0.832. The molecule has 0 aliphatic carbocycles. The number of rotatable bonds is 1. The van der Waals surface area contributed by atoms with E-state index in [1.54, 1.807) is 6.07 Å². The number of phenols is 1. The van der Waals surface area contributed by atoms with Crippen LogP contribution in [0.3, 0.4) is 0 Å². The smallest absolute Gasteiger partial charge is 0.420 e. The summed E-state index contributed by atoms with van der Waals surface area (Å²) in [5.41, 5.74) is -1.13. The predicted octanol–water partition coefficient (Wildman–Crippen LogP) is 4.66. The SMILES string of the molecule is N#Cc1cc(-c2csc(Cl)c2)c(O)c(C(F)(F)F)c1. The van der Waals surface area contributed by atoms with Crippen molar-refractivity contribution in [2.75, 3.05) is 0 Å². The van der Waals surface area contributed by atoms with Crippen molar-refractivity contribution >= 4 is 22.9 Å². The number of nitrogens with zero attached hydrogens (tertiary/aromatic N) is 1. The lowest BCUT2D eigenvalue weighted by Gasteiger charge is -2.12. The van der Waals surface area contributed by atoms with Crippen molar-refractivity contribution in [3.8, 4) is 22.9 Å². The molecule has 0 atom stereocenters. The molecular weight excluding hydrogens is 299 g/mol. The van der Waals surface area contributed by atoms with Gasteiger partial charge >= 0.3 is 6.18 Å². The van der Waals surface area contributed by atoms with Crippen molar-refractivity contribution < 1.29 is 18.3 Å². The summed E-state index contributed by atoms with van der Waals surface area (Å²) in [6.07, 6.45) is -4.73. The second kappa shape index (κ2) is 4.76. The zero-order valence-corrected chi connectivity index (χ0v) is 10.7. The molecule has 1 aromatic heterocycles. The Morgan fingerprint density at radius 3 is 2.42 bits per heavy atom. The van der Waals surface area contributed by atoms with Crippen LogP contribution < -0.4 is 0 Å². The van der Waals surface area contributed by atoms with E-state index in [-0.39, 0.29) is 11.1 Å². The van der Waals surface area contributed by atoms with E-state index >= 15 is 0 Å². The number of hydrogen-bond acceptors (Lipinski definition) is 3. The van der Waals surface area contributed by atoms with E-state index in [1.807, 2.05) is 0 Å². The summed E-state index contributed by atoms with van der Waals surface area (Å²) in [6, 6.07) is 4.89. The number of benzene rings is 1. The zero-order valence-electron chi connectivity index (χ0n) is 9.12. The fourth-order valence-electron chi connectivity index (χ4n) is 1.59. The average Bonchev–Trinajstić information content (AvgIpc) is 2.74. The van der Waals surface area contributed by atoms with Crippen molar-refractivity contribution in [2.24, 2.45) is 0 Å². The molecule has 2 aromatic rings. The van der Waals surface area contributed by atoms with Crippen LogP contribution in [-0.2, 0) is 6.18 Å². The van der Waals surface area contributed by atoms with Crippen LogP contribution >= 0.6 is 22.9 Å². The minimum absolute atomic E-state index is 0.0606. The highest BCUT2D eigenvalue weighted by atomic mass is 35.5. The standard InChI is InChI=1S/C12H5ClF3NOS/c13-10-3-7(5-19-10)8-1-6(4-17)2-9(11(8)18)12(14,15)16/h1-3,5,18H. The summed E-state index contributed by atoms with van der Waals surface area (Å²) in [5, 5.41) is 20.0. The molecule has 1 N–H and O–H groups in total. The molecule has 0 saturated heterocycles. The number of halogens is 4. The fourth-order valence-corrected chi connectivity index (χ4v) is 2.47. The Hall–Kier alpha value is -1.71. The molecule has 0 unspecified atom stereocenters. The van der Waals surface area contributed by atoms with Crippen LogP contribution in [0.25, 0.3) is 11.1 Å². The second-order valence-electron chi connectivity index (χ2n) is 3.67. The molecule has 1 heterocycles. The Bertz CT molecular complexity index is 673. The van der Waals surface area contributed by atoms with Gasteiger partial charge in [0, 0.05) is 10.9 Å². The third-order valence-corrected chi connectivity index (χ3v) is 3.51. The van der Waals surface area contributed by atoms with Crippen LogP contribution in [0.1, 0.15) is 11.1 Å². The largest absolute Gasteiger partial charge is 0.507 e. The topological polar surface area (TPSA) is 44.0 Å². The molecule has 98 valence electrons. The van der Waals surface area contributed by atoms with Crippen molar-refractivity contribution in [3.63, 3.8) is 0 Å². The van der Waals surface area contributed by atoms with Crippen LogP contribution in [0.2, 0.25) is 4.34 Å². The van der Waals surface area contributed by atoms with E-state index in [1.165, 1.54) is 17.5 Å². The molecule has 2 rings (SSSR count). The molecule has 0 aliphatic rings. The van der Waals surface area contributed by atoms with Gasteiger partial charge in [-0.2, -0.15) is 18.4 Å². The summed E-state index contributed by atoms with van der Waals surface area (Å²) in [6.45, 7) is 0. The van der Waals surface area contributed by atoms with Crippen molar-refractivity contribution in [2.45, 2.75) is 6.18 Å². The first-order valence-electron chi connectivity index (χ1n) is 4.91. The lowest BCUT2D eigenvalue weighted by molar-refractivity contribution is -0.138. The maximum atomic E-state index is 12.8. The minimum atomic E-state index is -4.73. The number of nitriles is 1. The Labute approximate surface area is 115 Å². The molecule has 0 aliphatic heterocycles. The molecule has 0 spiro atoms. The fraction of sp³-hybridized carbons (Fsp3) is 0.0833. The number of hydrogen-bond donors (Lipinski definition) is 1. The van der Waals surface area contributed by atoms with E-state index in [2.05, 4.69) is 0 Å². The van der Waals surface area contributed by atoms with Gasteiger partial charge in [0.15, 0.2) is 0 Å². The zero-order chi connectivity index (χ0) is 14.2. The third kappa shape index (κ3) is 2.67. The van der Waals surface area contributed by atoms with Crippen LogP contribution in [-0.4, -0.2) is 5.11 Å². The monoisotopic (exact) mass is 303 g/mol. The predicted molar refractivity (Wildman–Crippen MR) is 66.1 cm³/mol. The highest BCUT2D eigenvalue weighted by Crippen LogP contribution is 2.43. The number of alkyl halides is 3. The summed E-state index contributed by atoms with van der Waals surface area (Å²) in [7, 11) is 0. The van der Waals surface area contributed by atoms with Gasteiger partial charge in [-0.05, 0) is 23.8 Å². The second-order valence-corrected chi connectivity index (χ2v) is 5.21. The van der Waals surface area contributed by atoms with Gasteiger partial charge in [-0.15, -0.1) is 11.3 Å². The Morgan fingerprint density at radius 1 is 1.26 bits per heavy atom. The maximum Gasteiger partial charge on any atom is 0.420 e. The summed E-state index contributed by atoms with van der Waals surface area (Å²) >= 11 is 6.84. The van der Waals surface area contributed by atoms with E-state index in [0.717, 1.165) is 11.3 Å². The molecule has 0 bridgehead atoms. The van der Waals surface area contributed by atoms with Gasteiger partial charge in [-0.25, -0.2) is 0 Å². The van der Waals surface area contributed by atoms with Crippen LogP contribution in [0, 0.1) is 11.3 Å². The molecule has 1 aromatic carbocycles. The van der Waals surface area contributed by atoms with Gasteiger partial charge in [-0.3, -0.25) is 0 Å². The molecular formula is C12H5ClF3NOS. The summed E-state index contributed by atoms with van der Waals surface area (Å²) < 4.78 is 38.7. The highest BCUT2D eigenvalue weighted by Gasteiger charge is 2.35. The number of aromatic hydroxyl groups is 1. The Morgan fingerprint density at radius 2 is 1.95 bits per heavy atom. The van der Waals surface area contributed by atoms with Gasteiger partial charge in [-0.1, -0.05) is 11.6 Å². The van der Waals surface area contributed by atoms with Gasteiger partial charge in [0.05, 0.1) is 21.5 Å². The van der Waals surface area contributed by atoms with Gasteiger partial charge in [0.2, 0.25) is 0 Å². The molecule has 0 amide bonds. The van der Waals surface area contributed by atoms with Crippen LogP contribution in [0.15, 0.2) is 23.6 Å². The number of thiophene rings is 1. The highest BCUT2D eigenvalue weighted by molar-refractivity contribution is 7.14. The van der Waals surface area contributed by atoms with E-state index in [9.17, 15) is 18.3 Å². The molecule has 7 heteroatoms. The molecule has 0 fully saturated rings. The molecule has 0 radical (unpaired) electrons. The molecule has 2 nitrogen and oxygen atoms in total. The summed E-state index contributed by atoms with van der Waals surface area (Å²) in [5.74, 6) is -0.902. The summed E-state index contributed by atoms with van der Waals surface area (Å²) in [4.78, 5) is 0. The first-order chi connectivity index (χ1) is 8.82. The van der Waals surface area contributed by atoms with Gasteiger partial charge < -0.3 is 5.11 Å². The first kappa shape index (κ1) is 13.7. The molecule has 0 saturated carbocycles. The van der Waals surface area contributed by atoms with Crippen molar-refractivity contribution in [1.82, 2.24) is 0 Å². The first-order valence-corrected chi connectivity index (χ1v) is 6.17. The van der Waals surface area contributed by atoms with Gasteiger partial charge in [0.1, 0.15) is 5.75 Å². The normalized spacial score (nSPS) is 11.3. The van der Waals surface area contributed by atoms with Crippen LogP contribution in [0.5, 0.6) is 5.75 Å². The maximum absolute atomic E-state index is 12.8. The van der Waals surface area contributed by atoms with Crippen molar-refractivity contribution in [3.05, 3.63) is 39.0 Å². The average molecular weight is 304 g/mol.